The molecule has 0 bridgehead atoms. The molecule has 0 saturated heterocycles. The minimum atomic E-state index is -1.10. The number of halogens is 1. The standard InChI is InChI=1S/C20H18INO3/c1-13(20(24)25-2)19(23)16-12-22(18-10-6-4-8-15(16)18)11-14-7-3-5-9-17(14)21/h3-10,12,19,23H,1,11H2,2H3. The van der Waals surface area contributed by atoms with E-state index in [0.29, 0.717) is 12.1 Å². The van der Waals surface area contributed by atoms with Gasteiger partial charge in [-0.15, -0.1) is 0 Å². The minimum absolute atomic E-state index is 0.0275. The third kappa shape index (κ3) is 3.48. The Balaban J connectivity index is 2.05. The van der Waals surface area contributed by atoms with Crippen molar-refractivity contribution in [3.63, 3.8) is 0 Å². The first-order valence-corrected chi connectivity index (χ1v) is 8.87. The van der Waals surface area contributed by atoms with E-state index >= 15 is 0 Å². The van der Waals surface area contributed by atoms with Gasteiger partial charge in [-0.1, -0.05) is 43.0 Å². The van der Waals surface area contributed by atoms with Gasteiger partial charge in [0.1, 0.15) is 6.10 Å². The van der Waals surface area contributed by atoms with Crippen LogP contribution in [0.5, 0.6) is 0 Å². The Morgan fingerprint density at radius 1 is 1.24 bits per heavy atom. The molecule has 3 aromatic rings. The number of hydrogen-bond donors (Lipinski definition) is 1. The molecule has 0 spiro atoms. The fourth-order valence-electron chi connectivity index (χ4n) is 2.86. The maximum Gasteiger partial charge on any atom is 0.336 e. The van der Waals surface area contributed by atoms with Gasteiger partial charge in [0.15, 0.2) is 0 Å². The molecule has 2 aromatic carbocycles. The first-order valence-electron chi connectivity index (χ1n) is 7.79. The van der Waals surface area contributed by atoms with E-state index < -0.39 is 12.1 Å². The minimum Gasteiger partial charge on any atom is -0.466 e. The quantitative estimate of drug-likeness (QED) is 0.365. The number of aliphatic hydroxyl groups excluding tert-OH is 1. The van der Waals surface area contributed by atoms with Crippen LogP contribution in [0.4, 0.5) is 0 Å². The van der Waals surface area contributed by atoms with Crippen LogP contribution in [0.1, 0.15) is 17.2 Å². The monoisotopic (exact) mass is 447 g/mol. The van der Waals surface area contributed by atoms with Crippen LogP contribution < -0.4 is 0 Å². The van der Waals surface area contributed by atoms with E-state index in [1.165, 1.54) is 16.2 Å². The Morgan fingerprint density at radius 2 is 1.92 bits per heavy atom. The summed E-state index contributed by atoms with van der Waals surface area (Å²) >= 11 is 2.32. The third-order valence-electron chi connectivity index (χ3n) is 4.19. The van der Waals surface area contributed by atoms with Gasteiger partial charge in [-0.3, -0.25) is 0 Å². The van der Waals surface area contributed by atoms with Gasteiger partial charge in [0.2, 0.25) is 0 Å². The van der Waals surface area contributed by atoms with Crippen molar-refractivity contribution in [3.8, 4) is 0 Å². The van der Waals surface area contributed by atoms with Crippen LogP contribution in [0.25, 0.3) is 10.9 Å². The third-order valence-corrected chi connectivity index (χ3v) is 5.24. The van der Waals surface area contributed by atoms with Crippen LogP contribution in [0.3, 0.4) is 0 Å². The van der Waals surface area contributed by atoms with Crippen molar-refractivity contribution in [1.29, 1.82) is 0 Å². The summed E-state index contributed by atoms with van der Waals surface area (Å²) in [5.41, 5.74) is 2.86. The number of fused-ring (bicyclic) bond motifs is 1. The van der Waals surface area contributed by atoms with Crippen molar-refractivity contribution < 1.29 is 14.6 Å². The van der Waals surface area contributed by atoms with E-state index in [4.69, 9.17) is 0 Å². The number of rotatable bonds is 5. The highest BCUT2D eigenvalue weighted by Gasteiger charge is 2.23. The van der Waals surface area contributed by atoms with Crippen LogP contribution in [-0.4, -0.2) is 22.8 Å². The molecule has 3 rings (SSSR count). The van der Waals surface area contributed by atoms with E-state index in [-0.39, 0.29) is 5.57 Å². The molecule has 0 aliphatic rings. The predicted octanol–water partition coefficient (Wildman–Crippen LogP) is 4.06. The van der Waals surface area contributed by atoms with Gasteiger partial charge in [0, 0.05) is 32.8 Å². The summed E-state index contributed by atoms with van der Waals surface area (Å²) in [5, 5.41) is 11.5. The number of carbonyl (C=O) groups excluding carboxylic acids is 1. The lowest BCUT2D eigenvalue weighted by atomic mass is 10.0. The number of nitrogens with zero attached hydrogens (tertiary/aromatic N) is 1. The summed E-state index contributed by atoms with van der Waals surface area (Å²) < 4.78 is 7.94. The summed E-state index contributed by atoms with van der Waals surface area (Å²) in [7, 11) is 1.28. The lowest BCUT2D eigenvalue weighted by Gasteiger charge is -2.11. The average Bonchev–Trinajstić information content (AvgIpc) is 3.00. The number of benzene rings is 2. The number of carbonyl (C=O) groups is 1. The van der Waals surface area contributed by atoms with Crippen molar-refractivity contribution in [2.24, 2.45) is 0 Å². The number of para-hydroxylation sites is 1. The molecular formula is C20H18INO3. The average molecular weight is 447 g/mol. The molecule has 4 nitrogen and oxygen atoms in total. The lowest BCUT2D eigenvalue weighted by Crippen LogP contribution is -2.11. The van der Waals surface area contributed by atoms with Gasteiger partial charge < -0.3 is 14.4 Å². The number of hydrogen-bond acceptors (Lipinski definition) is 3. The first-order chi connectivity index (χ1) is 12.0. The molecule has 0 aliphatic carbocycles. The zero-order valence-electron chi connectivity index (χ0n) is 13.8. The van der Waals surface area contributed by atoms with E-state index in [2.05, 4.69) is 50.6 Å². The van der Waals surface area contributed by atoms with Crippen molar-refractivity contribution in [2.45, 2.75) is 12.6 Å². The highest BCUT2D eigenvalue weighted by Crippen LogP contribution is 2.31. The second kappa shape index (κ2) is 7.41. The largest absolute Gasteiger partial charge is 0.466 e. The normalized spacial score (nSPS) is 12.1. The highest BCUT2D eigenvalue weighted by molar-refractivity contribution is 14.1. The molecule has 0 radical (unpaired) electrons. The van der Waals surface area contributed by atoms with Crippen LogP contribution >= 0.6 is 22.6 Å². The topological polar surface area (TPSA) is 51.5 Å². The molecule has 1 aromatic heterocycles. The highest BCUT2D eigenvalue weighted by atomic mass is 127. The molecule has 1 N–H and O–H groups in total. The fraction of sp³-hybridized carbons (Fsp3) is 0.150. The molecule has 25 heavy (non-hydrogen) atoms. The molecular weight excluding hydrogens is 429 g/mol. The predicted molar refractivity (Wildman–Crippen MR) is 106 cm³/mol. The zero-order valence-corrected chi connectivity index (χ0v) is 15.9. The smallest absolute Gasteiger partial charge is 0.336 e. The maximum atomic E-state index is 11.7. The van der Waals surface area contributed by atoms with E-state index in [9.17, 15) is 9.90 Å². The van der Waals surface area contributed by atoms with Crippen molar-refractivity contribution in [2.75, 3.05) is 7.11 Å². The fourth-order valence-corrected chi connectivity index (χ4v) is 3.42. The van der Waals surface area contributed by atoms with Crippen LogP contribution in [0.15, 0.2) is 66.9 Å². The Hall–Kier alpha value is -2.12. The molecule has 1 atom stereocenters. The van der Waals surface area contributed by atoms with E-state index in [1.807, 2.05) is 42.6 Å². The molecule has 128 valence electrons. The Bertz CT molecular complexity index is 945. The number of esters is 1. The van der Waals surface area contributed by atoms with Gasteiger partial charge in [0.25, 0.3) is 0 Å². The molecule has 0 saturated carbocycles. The lowest BCUT2D eigenvalue weighted by molar-refractivity contribution is -0.137. The van der Waals surface area contributed by atoms with Gasteiger partial charge in [-0.25, -0.2) is 4.79 Å². The molecule has 0 aliphatic heterocycles. The van der Waals surface area contributed by atoms with E-state index in [1.54, 1.807) is 0 Å². The summed E-state index contributed by atoms with van der Waals surface area (Å²) in [6, 6.07) is 16.0. The van der Waals surface area contributed by atoms with Crippen LogP contribution in [0.2, 0.25) is 0 Å². The SMILES string of the molecule is C=C(C(=O)OC)C(O)c1cn(Cc2ccccc2I)c2ccccc12. The van der Waals surface area contributed by atoms with Crippen molar-refractivity contribution in [3.05, 3.63) is 81.6 Å². The van der Waals surface area contributed by atoms with Crippen LogP contribution in [0, 0.1) is 3.57 Å². The summed E-state index contributed by atoms with van der Waals surface area (Å²) in [5.74, 6) is -0.609. The van der Waals surface area contributed by atoms with Gasteiger partial charge >= 0.3 is 5.97 Å². The summed E-state index contributed by atoms with van der Waals surface area (Å²) in [6.45, 7) is 4.36. The Kier molecular flexibility index (Phi) is 5.24. The zero-order chi connectivity index (χ0) is 18.0. The molecule has 1 unspecified atom stereocenters. The van der Waals surface area contributed by atoms with E-state index in [0.717, 1.165) is 10.9 Å². The Morgan fingerprint density at radius 3 is 2.64 bits per heavy atom. The second-order valence-electron chi connectivity index (χ2n) is 5.74. The van der Waals surface area contributed by atoms with Crippen molar-refractivity contribution >= 4 is 39.5 Å². The summed E-state index contributed by atoms with van der Waals surface area (Å²) in [4.78, 5) is 11.7. The molecule has 0 fully saturated rings. The van der Waals surface area contributed by atoms with Gasteiger partial charge in [0.05, 0.1) is 12.7 Å². The number of aromatic nitrogens is 1. The number of methoxy groups -OCH3 is 1. The first kappa shape index (κ1) is 17.7. The number of aliphatic hydroxyl groups is 1. The van der Waals surface area contributed by atoms with Gasteiger partial charge in [-0.2, -0.15) is 0 Å². The maximum absolute atomic E-state index is 11.7. The van der Waals surface area contributed by atoms with Gasteiger partial charge in [-0.05, 0) is 40.3 Å². The number of ether oxygens (including phenoxy) is 1. The molecule has 0 amide bonds. The Labute approximate surface area is 159 Å². The summed E-state index contributed by atoms with van der Waals surface area (Å²) in [6.07, 6.45) is 0.778. The molecule has 1 heterocycles. The van der Waals surface area contributed by atoms with Crippen molar-refractivity contribution in [1.82, 2.24) is 4.57 Å². The second-order valence-corrected chi connectivity index (χ2v) is 6.90. The van der Waals surface area contributed by atoms with Crippen LogP contribution in [-0.2, 0) is 16.1 Å². The molecule has 5 heteroatoms.